The molecule has 1 N–H and O–H groups in total. The van der Waals surface area contributed by atoms with Crippen molar-refractivity contribution in [1.29, 1.82) is 0 Å². The Morgan fingerprint density at radius 2 is 1.76 bits per heavy atom. The van der Waals surface area contributed by atoms with Gasteiger partial charge < -0.3 is 9.88 Å². The summed E-state index contributed by atoms with van der Waals surface area (Å²) in [5, 5.41) is 9.17. The molecule has 1 fully saturated rings. The van der Waals surface area contributed by atoms with E-state index in [0.29, 0.717) is 4.68 Å². The quantitative estimate of drug-likeness (QED) is 0.565. The van der Waals surface area contributed by atoms with E-state index in [0.717, 1.165) is 32.3 Å². The average Bonchev–Trinajstić information content (AvgIpc) is 3.10. The van der Waals surface area contributed by atoms with Gasteiger partial charge in [-0.1, -0.05) is 0 Å². The van der Waals surface area contributed by atoms with Crippen molar-refractivity contribution >= 4 is 5.91 Å². The highest BCUT2D eigenvalue weighted by molar-refractivity contribution is 5.92. The van der Waals surface area contributed by atoms with Crippen LogP contribution in [-0.4, -0.2) is 47.2 Å². The van der Waals surface area contributed by atoms with E-state index < -0.39 is 41.3 Å². The Hall–Kier alpha value is -3.46. The monoisotopic (exact) mass is 483 g/mol. The van der Waals surface area contributed by atoms with E-state index in [4.69, 9.17) is 0 Å². The summed E-state index contributed by atoms with van der Waals surface area (Å²) in [4.78, 5) is 15.9. The largest absolute Gasteiger partial charge is 0.459 e. The van der Waals surface area contributed by atoms with E-state index in [-0.39, 0.29) is 22.1 Å². The predicted octanol–water partition coefficient (Wildman–Crippen LogP) is 3.36. The summed E-state index contributed by atoms with van der Waals surface area (Å²) in [5.74, 6) is -7.48. The Balaban J connectivity index is 1.74. The molecule has 0 aliphatic heterocycles. The summed E-state index contributed by atoms with van der Waals surface area (Å²) >= 11 is 0. The van der Waals surface area contributed by atoms with Crippen molar-refractivity contribution in [3.05, 3.63) is 41.9 Å². The number of amides is 1. The summed E-state index contributed by atoms with van der Waals surface area (Å²) in [5.41, 5.74) is -4.69. The molecule has 0 unspecified atom stereocenters. The third-order valence-corrected chi connectivity index (χ3v) is 4.77. The Labute approximate surface area is 178 Å². The molecule has 0 spiro atoms. The number of rotatable bonds is 5. The third kappa shape index (κ3) is 4.04. The molecule has 3 heterocycles. The summed E-state index contributed by atoms with van der Waals surface area (Å²) in [6.45, 7) is 0. The van der Waals surface area contributed by atoms with Crippen LogP contribution in [0.1, 0.15) is 34.6 Å². The molecule has 0 atom stereocenters. The first kappa shape index (κ1) is 22.7. The van der Waals surface area contributed by atoms with Crippen molar-refractivity contribution in [3.63, 3.8) is 0 Å². The van der Waals surface area contributed by atoms with E-state index in [1.165, 1.54) is 17.1 Å². The van der Waals surface area contributed by atoms with Crippen LogP contribution >= 0.6 is 0 Å². The maximum atomic E-state index is 13.8. The average molecular weight is 483 g/mol. The molecule has 0 radical (unpaired) electrons. The van der Waals surface area contributed by atoms with E-state index >= 15 is 0 Å². The van der Waals surface area contributed by atoms with Crippen LogP contribution in [-0.2, 0) is 19.1 Å². The number of imidazole rings is 1. The first-order valence-electron chi connectivity index (χ1n) is 9.19. The fraction of sp³-hybridized carbons (Fsp3) is 0.412. The number of aromatic nitrogens is 6. The lowest BCUT2D eigenvalue weighted by Gasteiger charge is -2.19. The van der Waals surface area contributed by atoms with E-state index in [1.807, 2.05) is 0 Å². The lowest BCUT2D eigenvalue weighted by Crippen LogP contribution is -2.36. The zero-order valence-corrected chi connectivity index (χ0v) is 16.4. The third-order valence-electron chi connectivity index (χ3n) is 4.77. The minimum atomic E-state index is -6.30. The molecule has 16 heteroatoms. The molecule has 3 aromatic rings. The minimum absolute atomic E-state index is 0.0123. The van der Waals surface area contributed by atoms with Gasteiger partial charge in [0.2, 0.25) is 0 Å². The van der Waals surface area contributed by atoms with Gasteiger partial charge in [0.05, 0.1) is 18.1 Å². The Bertz CT molecular complexity index is 1200. The van der Waals surface area contributed by atoms with Gasteiger partial charge in [0, 0.05) is 19.3 Å². The topological polar surface area (TPSA) is 82.6 Å². The standard InChI is InChI=1S/C17H13F8N7O/c1-30-14(11(16(20,21)22)12(29-30)15(18,19)17(23,24)25)32-5-9(4-27-32)31-6-10(26-7-31)13(33)28-8-2-3-8/h4-8H,2-3H2,1H3,(H,28,33). The van der Waals surface area contributed by atoms with Gasteiger partial charge in [0.15, 0.2) is 11.5 Å². The van der Waals surface area contributed by atoms with Crippen LogP contribution < -0.4 is 5.32 Å². The lowest BCUT2D eigenvalue weighted by molar-refractivity contribution is -0.292. The maximum Gasteiger partial charge on any atom is 0.459 e. The molecular formula is C17H13F8N7O. The van der Waals surface area contributed by atoms with Crippen LogP contribution in [0, 0.1) is 0 Å². The van der Waals surface area contributed by atoms with Crippen LogP contribution in [0.15, 0.2) is 24.9 Å². The van der Waals surface area contributed by atoms with E-state index in [9.17, 15) is 39.9 Å². The zero-order chi connectivity index (χ0) is 24.3. The molecule has 1 aliphatic carbocycles. The highest BCUT2D eigenvalue weighted by atomic mass is 19.4. The number of hydrogen-bond acceptors (Lipinski definition) is 4. The Morgan fingerprint density at radius 3 is 2.33 bits per heavy atom. The molecule has 8 nitrogen and oxygen atoms in total. The molecule has 1 aliphatic rings. The van der Waals surface area contributed by atoms with Gasteiger partial charge in [0.1, 0.15) is 17.6 Å². The van der Waals surface area contributed by atoms with Gasteiger partial charge in [0.25, 0.3) is 5.91 Å². The number of carbonyl (C=O) groups is 1. The summed E-state index contributed by atoms with van der Waals surface area (Å²) in [6, 6.07) is 0.0556. The maximum absolute atomic E-state index is 13.8. The highest BCUT2D eigenvalue weighted by Gasteiger charge is 2.64. The molecule has 3 aromatic heterocycles. The number of nitrogens with zero attached hydrogens (tertiary/aromatic N) is 6. The predicted molar refractivity (Wildman–Crippen MR) is 92.9 cm³/mol. The van der Waals surface area contributed by atoms with Crippen molar-refractivity contribution < 1.29 is 39.9 Å². The van der Waals surface area contributed by atoms with Crippen molar-refractivity contribution in [2.24, 2.45) is 7.05 Å². The van der Waals surface area contributed by atoms with E-state index in [2.05, 4.69) is 20.5 Å². The molecule has 1 amide bonds. The first-order valence-corrected chi connectivity index (χ1v) is 9.19. The van der Waals surface area contributed by atoms with Gasteiger partial charge in [-0.3, -0.25) is 4.79 Å². The van der Waals surface area contributed by atoms with Gasteiger partial charge in [-0.15, -0.1) is 0 Å². The molecule has 0 aromatic carbocycles. The first-order chi connectivity index (χ1) is 15.2. The van der Waals surface area contributed by atoms with Crippen molar-refractivity contribution in [3.8, 4) is 11.5 Å². The minimum Gasteiger partial charge on any atom is -0.348 e. The van der Waals surface area contributed by atoms with Crippen LogP contribution in [0.2, 0.25) is 0 Å². The Morgan fingerprint density at radius 1 is 1.09 bits per heavy atom. The lowest BCUT2D eigenvalue weighted by atomic mass is 10.1. The van der Waals surface area contributed by atoms with Crippen molar-refractivity contribution in [2.75, 3.05) is 0 Å². The fourth-order valence-electron chi connectivity index (χ4n) is 3.02. The van der Waals surface area contributed by atoms with Gasteiger partial charge in [-0.25, -0.2) is 14.3 Å². The number of hydrogen-bond donors (Lipinski definition) is 1. The normalized spacial score (nSPS) is 15.2. The van der Waals surface area contributed by atoms with E-state index in [1.54, 1.807) is 0 Å². The van der Waals surface area contributed by atoms with Crippen molar-refractivity contribution in [2.45, 2.75) is 37.2 Å². The molecule has 178 valence electrons. The van der Waals surface area contributed by atoms with Gasteiger partial charge >= 0.3 is 18.3 Å². The van der Waals surface area contributed by atoms with Crippen molar-refractivity contribution in [1.82, 2.24) is 34.4 Å². The Kier molecular flexibility index (Phi) is 5.01. The summed E-state index contributed by atoms with van der Waals surface area (Å²) < 4.78 is 109. The second kappa shape index (κ2) is 7.28. The zero-order valence-electron chi connectivity index (χ0n) is 16.4. The van der Waals surface area contributed by atoms with Gasteiger partial charge in [-0.05, 0) is 12.8 Å². The van der Waals surface area contributed by atoms with Gasteiger partial charge in [-0.2, -0.15) is 45.3 Å². The number of aryl methyl sites for hydroxylation is 1. The number of alkyl halides is 8. The number of halogens is 8. The fourth-order valence-corrected chi connectivity index (χ4v) is 3.02. The number of nitrogens with one attached hydrogen (secondary N) is 1. The smallest absolute Gasteiger partial charge is 0.348 e. The summed E-state index contributed by atoms with van der Waals surface area (Å²) in [6.07, 6.45) is -5.87. The van der Waals surface area contributed by atoms with Crippen LogP contribution in [0.3, 0.4) is 0 Å². The SMILES string of the molecule is Cn1nc(C(F)(F)C(F)(F)F)c(C(F)(F)F)c1-n1cc(-n2cnc(C(=O)NC3CC3)c2)cn1. The molecular weight excluding hydrogens is 470 g/mol. The van der Waals surface area contributed by atoms with Crippen LogP contribution in [0.4, 0.5) is 35.1 Å². The molecule has 33 heavy (non-hydrogen) atoms. The van der Waals surface area contributed by atoms with Crippen LogP contribution in [0.5, 0.6) is 0 Å². The van der Waals surface area contributed by atoms with Crippen LogP contribution in [0.25, 0.3) is 11.5 Å². The molecule has 1 saturated carbocycles. The second-order valence-corrected chi connectivity index (χ2v) is 7.30. The highest BCUT2D eigenvalue weighted by Crippen LogP contribution is 2.49. The second-order valence-electron chi connectivity index (χ2n) is 7.30. The molecule has 4 rings (SSSR count). The summed E-state index contributed by atoms with van der Waals surface area (Å²) in [7, 11) is 0.777. The molecule has 0 saturated heterocycles. The number of carbonyl (C=O) groups excluding carboxylic acids is 1. The molecule has 0 bridgehead atoms.